The second kappa shape index (κ2) is 11.0. The summed E-state index contributed by atoms with van der Waals surface area (Å²) in [6.07, 6.45) is 0. The molecule has 7 heteroatoms. The van der Waals surface area contributed by atoms with Crippen molar-refractivity contribution in [3.05, 3.63) is 0 Å². The molecule has 0 aromatic carbocycles. The highest BCUT2D eigenvalue weighted by atomic mass is 16.5. The predicted molar refractivity (Wildman–Crippen MR) is 91.8 cm³/mol. The van der Waals surface area contributed by atoms with Crippen LogP contribution in [0, 0.1) is 28.6 Å². The monoisotopic (exact) mass is 327 g/mol. The van der Waals surface area contributed by atoms with Crippen molar-refractivity contribution in [1.82, 2.24) is 0 Å². The molecule has 23 heavy (non-hydrogen) atoms. The number of carbonyl (C=O) groups is 1. The van der Waals surface area contributed by atoms with Crippen molar-refractivity contribution >= 4 is 5.97 Å². The van der Waals surface area contributed by atoms with Gasteiger partial charge in [-0.15, -0.1) is 0 Å². The van der Waals surface area contributed by atoms with E-state index in [1.54, 1.807) is 41.5 Å². The zero-order valence-corrected chi connectivity index (χ0v) is 15.7. The minimum Gasteiger partial charge on any atom is -0.465 e. The van der Waals surface area contributed by atoms with Gasteiger partial charge in [-0.25, -0.2) is 0 Å². The number of hydrogen-bond acceptors (Lipinski definition) is 7. The first-order valence-electron chi connectivity index (χ1n) is 7.41. The molecule has 7 nitrogen and oxygen atoms in total. The molecule has 0 aliphatic heterocycles. The molecular weight excluding hydrogens is 294 g/mol. The van der Waals surface area contributed by atoms with Gasteiger partial charge < -0.3 is 21.9 Å². The average Bonchev–Trinajstić information content (AvgIpc) is 2.38. The van der Waals surface area contributed by atoms with Crippen LogP contribution in [-0.2, 0) is 9.53 Å². The number of rotatable bonds is 3. The van der Waals surface area contributed by atoms with Gasteiger partial charge in [-0.1, -0.05) is 13.8 Å². The molecule has 0 rings (SSSR count). The van der Waals surface area contributed by atoms with Crippen LogP contribution >= 0.6 is 0 Å². The van der Waals surface area contributed by atoms with E-state index in [0.717, 1.165) is 0 Å². The molecule has 0 spiro atoms. The summed E-state index contributed by atoms with van der Waals surface area (Å²) in [5, 5.41) is 16.4. The van der Waals surface area contributed by atoms with Crippen LogP contribution in [0.4, 0.5) is 0 Å². The standard InChI is InChI=1S/C6H12N2.C6H13NO2.C4H8N2/c1-5(2)6(3,8)4-7;1-4-9-5(8)6(2,3)7;1-4(2,6)3-5/h5H,8H2,1-3H3;4,7H2,1-3H3;6H2,1-2H3. The summed E-state index contributed by atoms with van der Waals surface area (Å²) in [5.74, 6) is -0.127. The largest absolute Gasteiger partial charge is 0.465 e. The molecule has 0 aliphatic carbocycles. The van der Waals surface area contributed by atoms with Crippen molar-refractivity contribution in [2.24, 2.45) is 23.1 Å². The highest BCUT2D eigenvalue weighted by Crippen LogP contribution is 2.09. The fraction of sp³-hybridized carbons (Fsp3) is 0.812. The van der Waals surface area contributed by atoms with Gasteiger partial charge in [-0.05, 0) is 47.5 Å². The minimum atomic E-state index is -0.851. The van der Waals surface area contributed by atoms with Crippen molar-refractivity contribution in [3.63, 3.8) is 0 Å². The van der Waals surface area contributed by atoms with E-state index in [0.29, 0.717) is 6.61 Å². The van der Waals surface area contributed by atoms with Crippen LogP contribution in [-0.4, -0.2) is 29.2 Å². The zero-order valence-electron chi connectivity index (χ0n) is 15.7. The highest BCUT2D eigenvalue weighted by molar-refractivity contribution is 5.79. The highest BCUT2D eigenvalue weighted by Gasteiger charge is 2.22. The van der Waals surface area contributed by atoms with Gasteiger partial charge in [0, 0.05) is 0 Å². The molecule has 0 fully saturated rings. The Morgan fingerprint density at radius 2 is 1.39 bits per heavy atom. The van der Waals surface area contributed by atoms with Crippen molar-refractivity contribution in [2.45, 2.75) is 72.0 Å². The van der Waals surface area contributed by atoms with Crippen molar-refractivity contribution in [1.29, 1.82) is 10.5 Å². The maximum atomic E-state index is 10.7. The lowest BCUT2D eigenvalue weighted by Gasteiger charge is -2.18. The molecule has 0 heterocycles. The summed E-state index contributed by atoms with van der Waals surface area (Å²) in [7, 11) is 0. The maximum Gasteiger partial charge on any atom is 0.325 e. The number of carbonyl (C=O) groups excluding carboxylic acids is 1. The Bertz CT molecular complexity index is 418. The second-order valence-corrected chi connectivity index (χ2v) is 6.82. The van der Waals surface area contributed by atoms with Gasteiger partial charge in [-0.2, -0.15) is 10.5 Å². The molecule has 0 saturated heterocycles. The number of esters is 1. The van der Waals surface area contributed by atoms with E-state index < -0.39 is 16.6 Å². The molecule has 1 unspecified atom stereocenters. The number of ether oxygens (including phenoxy) is 1. The third-order valence-electron chi connectivity index (χ3n) is 2.53. The van der Waals surface area contributed by atoms with Gasteiger partial charge in [0.15, 0.2) is 0 Å². The minimum absolute atomic E-state index is 0.229. The van der Waals surface area contributed by atoms with E-state index in [9.17, 15) is 4.79 Å². The third-order valence-corrected chi connectivity index (χ3v) is 2.53. The smallest absolute Gasteiger partial charge is 0.325 e. The summed E-state index contributed by atoms with van der Waals surface area (Å²) >= 11 is 0. The number of nitrogens with two attached hydrogens (primary N) is 3. The maximum absolute atomic E-state index is 10.7. The molecule has 6 N–H and O–H groups in total. The van der Waals surface area contributed by atoms with Gasteiger partial charge >= 0.3 is 5.97 Å². The summed E-state index contributed by atoms with van der Waals surface area (Å²) in [4.78, 5) is 10.7. The average molecular weight is 327 g/mol. The molecule has 0 bridgehead atoms. The topological polar surface area (TPSA) is 152 Å². The second-order valence-electron chi connectivity index (χ2n) is 6.82. The van der Waals surface area contributed by atoms with Crippen molar-refractivity contribution in [3.8, 4) is 12.1 Å². The molecule has 0 saturated carbocycles. The van der Waals surface area contributed by atoms with Crippen LogP contribution < -0.4 is 17.2 Å². The van der Waals surface area contributed by atoms with E-state index in [-0.39, 0.29) is 11.9 Å². The Morgan fingerprint density at radius 1 is 1.04 bits per heavy atom. The van der Waals surface area contributed by atoms with Gasteiger partial charge in [0.1, 0.15) is 11.1 Å². The Morgan fingerprint density at radius 3 is 1.43 bits per heavy atom. The molecule has 0 radical (unpaired) electrons. The molecule has 0 aromatic heterocycles. The Hall–Kier alpha value is -1.67. The van der Waals surface area contributed by atoms with Crippen LogP contribution in [0.15, 0.2) is 0 Å². The summed E-state index contributed by atoms with van der Waals surface area (Å²) in [5.41, 5.74) is 13.9. The normalized spacial score (nSPS) is 13.1. The first kappa shape index (κ1) is 26.2. The van der Waals surface area contributed by atoms with Gasteiger partial charge in [-0.3, -0.25) is 4.79 Å². The Balaban J connectivity index is -0.000000266. The fourth-order valence-corrected chi connectivity index (χ4v) is 0.446. The predicted octanol–water partition coefficient (Wildman–Crippen LogP) is 1.42. The van der Waals surface area contributed by atoms with E-state index in [4.69, 9.17) is 27.7 Å². The van der Waals surface area contributed by atoms with Crippen LogP contribution in [0.25, 0.3) is 0 Å². The number of hydrogen-bond donors (Lipinski definition) is 3. The summed E-state index contributed by atoms with van der Waals surface area (Å²) in [6.45, 7) is 14.3. The molecule has 1 atom stereocenters. The Kier molecular flexibility index (Phi) is 12.5. The number of nitriles is 2. The zero-order chi connectivity index (χ0) is 19.5. The third kappa shape index (κ3) is 18.3. The molecular formula is C16H33N5O2. The van der Waals surface area contributed by atoms with Crippen LogP contribution in [0.2, 0.25) is 0 Å². The van der Waals surface area contributed by atoms with Gasteiger partial charge in [0.25, 0.3) is 0 Å². The van der Waals surface area contributed by atoms with Gasteiger partial charge in [0.2, 0.25) is 0 Å². The molecule has 0 aromatic rings. The fourth-order valence-electron chi connectivity index (χ4n) is 0.446. The van der Waals surface area contributed by atoms with Crippen molar-refractivity contribution < 1.29 is 9.53 Å². The van der Waals surface area contributed by atoms with Crippen LogP contribution in [0.3, 0.4) is 0 Å². The van der Waals surface area contributed by atoms with Crippen LogP contribution in [0.5, 0.6) is 0 Å². The lowest BCUT2D eigenvalue weighted by Crippen LogP contribution is -2.42. The lowest BCUT2D eigenvalue weighted by molar-refractivity contribution is -0.148. The molecule has 0 aliphatic rings. The van der Waals surface area contributed by atoms with E-state index >= 15 is 0 Å². The summed E-state index contributed by atoms with van der Waals surface area (Å²) < 4.78 is 4.64. The quantitative estimate of drug-likeness (QED) is 0.662. The molecule has 134 valence electrons. The van der Waals surface area contributed by atoms with E-state index in [2.05, 4.69) is 4.74 Å². The summed E-state index contributed by atoms with van der Waals surface area (Å²) in [6, 6.07) is 3.90. The SMILES string of the molecule is CC(C)(N)C#N.CC(C)C(C)(N)C#N.CCOC(=O)C(C)(C)N. The van der Waals surface area contributed by atoms with E-state index in [1.807, 2.05) is 26.0 Å². The first-order chi connectivity index (χ1) is 10.0. The molecule has 0 amide bonds. The van der Waals surface area contributed by atoms with E-state index in [1.165, 1.54) is 0 Å². The van der Waals surface area contributed by atoms with Gasteiger partial charge in [0.05, 0.1) is 24.3 Å². The first-order valence-corrected chi connectivity index (χ1v) is 7.41. The van der Waals surface area contributed by atoms with Crippen molar-refractivity contribution in [2.75, 3.05) is 6.61 Å². The van der Waals surface area contributed by atoms with Crippen LogP contribution in [0.1, 0.15) is 55.4 Å². The number of nitrogens with zero attached hydrogens (tertiary/aromatic N) is 2. The Labute approximate surface area is 140 Å². The lowest BCUT2D eigenvalue weighted by atomic mass is 9.92.